The third kappa shape index (κ3) is 6.07. The SMILES string of the molecule is COc1ccc(Cl)cc1NC(=O)c1cnn(-c2ccc(F)cc2F)c1C1CCN(C(=O)OC(C)(C)C)CC1. The van der Waals surface area contributed by atoms with E-state index in [0.717, 1.165) is 12.1 Å². The van der Waals surface area contributed by atoms with Crippen molar-refractivity contribution < 1.29 is 27.8 Å². The molecule has 0 bridgehead atoms. The molecule has 2 aromatic carbocycles. The fourth-order valence-electron chi connectivity index (χ4n) is 4.40. The first-order valence-electron chi connectivity index (χ1n) is 12.1. The molecule has 0 aliphatic carbocycles. The van der Waals surface area contributed by atoms with E-state index in [9.17, 15) is 18.4 Å². The molecule has 1 fully saturated rings. The van der Waals surface area contributed by atoms with E-state index in [4.69, 9.17) is 21.1 Å². The van der Waals surface area contributed by atoms with Crippen molar-refractivity contribution in [3.05, 3.63) is 70.5 Å². The van der Waals surface area contributed by atoms with Crippen LogP contribution in [0, 0.1) is 11.6 Å². The second kappa shape index (κ2) is 11.0. The first-order valence-corrected chi connectivity index (χ1v) is 12.5. The monoisotopic (exact) mass is 546 g/mol. The van der Waals surface area contributed by atoms with Crippen LogP contribution in [0.5, 0.6) is 5.75 Å². The van der Waals surface area contributed by atoms with Crippen LogP contribution in [0.2, 0.25) is 5.02 Å². The van der Waals surface area contributed by atoms with Crippen LogP contribution in [0.3, 0.4) is 0 Å². The highest BCUT2D eigenvalue weighted by Crippen LogP contribution is 2.35. The van der Waals surface area contributed by atoms with Gasteiger partial charge in [0, 0.05) is 30.1 Å². The summed E-state index contributed by atoms with van der Waals surface area (Å²) < 4.78 is 40.6. The first kappa shape index (κ1) is 27.4. The number of halogens is 3. The number of carbonyl (C=O) groups excluding carboxylic acids is 2. The topological polar surface area (TPSA) is 85.7 Å². The summed E-state index contributed by atoms with van der Waals surface area (Å²) in [4.78, 5) is 27.6. The minimum absolute atomic E-state index is 0.00959. The zero-order chi connectivity index (χ0) is 27.6. The van der Waals surface area contributed by atoms with E-state index < -0.39 is 29.2 Å². The third-order valence-corrected chi connectivity index (χ3v) is 6.37. The Kier molecular flexibility index (Phi) is 7.91. The van der Waals surface area contributed by atoms with Gasteiger partial charge in [0.1, 0.15) is 22.9 Å². The van der Waals surface area contributed by atoms with Crippen LogP contribution >= 0.6 is 11.6 Å². The molecular formula is C27H29ClF2N4O4. The zero-order valence-electron chi connectivity index (χ0n) is 21.6. The van der Waals surface area contributed by atoms with Crippen molar-refractivity contribution >= 4 is 29.3 Å². The lowest BCUT2D eigenvalue weighted by Gasteiger charge is -2.34. The number of likely N-dealkylation sites (tertiary alicyclic amines) is 1. The molecular weight excluding hydrogens is 518 g/mol. The molecule has 8 nitrogen and oxygen atoms in total. The van der Waals surface area contributed by atoms with E-state index >= 15 is 0 Å². The maximum absolute atomic E-state index is 14.8. The predicted octanol–water partition coefficient (Wildman–Crippen LogP) is 6.18. The van der Waals surface area contributed by atoms with Gasteiger partial charge in [-0.05, 0) is 63.9 Å². The van der Waals surface area contributed by atoms with Crippen LogP contribution in [-0.2, 0) is 4.74 Å². The summed E-state index contributed by atoms with van der Waals surface area (Å²) in [5, 5.41) is 7.51. The van der Waals surface area contributed by atoms with E-state index in [-0.39, 0.29) is 17.2 Å². The van der Waals surface area contributed by atoms with Crippen LogP contribution in [0.1, 0.15) is 55.6 Å². The van der Waals surface area contributed by atoms with Crippen LogP contribution in [-0.4, -0.2) is 52.5 Å². The summed E-state index contributed by atoms with van der Waals surface area (Å²) in [5.74, 6) is -1.88. The Balaban J connectivity index is 1.67. The van der Waals surface area contributed by atoms with Crippen LogP contribution in [0.25, 0.3) is 5.69 Å². The molecule has 1 N–H and O–H groups in total. The minimum Gasteiger partial charge on any atom is -0.495 e. The summed E-state index contributed by atoms with van der Waals surface area (Å²) in [5.41, 5.74) is 0.412. The highest BCUT2D eigenvalue weighted by atomic mass is 35.5. The minimum atomic E-state index is -0.816. The molecule has 2 amide bonds. The number of rotatable bonds is 5. The fraction of sp³-hybridized carbons (Fsp3) is 0.370. The van der Waals surface area contributed by atoms with Gasteiger partial charge in [-0.3, -0.25) is 4.79 Å². The highest BCUT2D eigenvalue weighted by Gasteiger charge is 2.33. The van der Waals surface area contributed by atoms with Gasteiger partial charge in [-0.2, -0.15) is 5.10 Å². The van der Waals surface area contributed by atoms with Gasteiger partial charge in [0.25, 0.3) is 5.91 Å². The van der Waals surface area contributed by atoms with E-state index in [0.29, 0.717) is 48.1 Å². The van der Waals surface area contributed by atoms with Crippen molar-refractivity contribution in [3.8, 4) is 11.4 Å². The number of nitrogens with one attached hydrogen (secondary N) is 1. The molecule has 0 saturated carbocycles. The molecule has 0 radical (unpaired) electrons. The molecule has 3 aromatic rings. The smallest absolute Gasteiger partial charge is 0.410 e. The molecule has 11 heteroatoms. The molecule has 1 aromatic heterocycles. The van der Waals surface area contributed by atoms with Crippen molar-refractivity contribution in [1.29, 1.82) is 0 Å². The molecule has 1 saturated heterocycles. The van der Waals surface area contributed by atoms with Gasteiger partial charge < -0.3 is 19.7 Å². The number of hydrogen-bond acceptors (Lipinski definition) is 5. The van der Waals surface area contributed by atoms with E-state index in [1.54, 1.807) is 43.9 Å². The Bertz CT molecular complexity index is 1350. The van der Waals surface area contributed by atoms with Crippen molar-refractivity contribution in [2.75, 3.05) is 25.5 Å². The van der Waals surface area contributed by atoms with Crippen molar-refractivity contribution in [2.45, 2.75) is 45.1 Å². The number of carbonyl (C=O) groups is 2. The van der Waals surface area contributed by atoms with Crippen LogP contribution < -0.4 is 10.1 Å². The summed E-state index contributed by atoms with van der Waals surface area (Å²) in [6.45, 7) is 6.15. The van der Waals surface area contributed by atoms with Gasteiger partial charge in [-0.1, -0.05) is 11.6 Å². The largest absolute Gasteiger partial charge is 0.495 e. The summed E-state index contributed by atoms with van der Waals surface area (Å²) in [6.07, 6.45) is 1.90. The number of methoxy groups -OCH3 is 1. The molecule has 1 aliphatic rings. The molecule has 202 valence electrons. The number of anilines is 1. The average Bonchev–Trinajstić information content (AvgIpc) is 3.28. The Morgan fingerprint density at radius 3 is 2.45 bits per heavy atom. The van der Waals surface area contributed by atoms with Crippen LogP contribution in [0.15, 0.2) is 42.6 Å². The number of ether oxygens (including phenoxy) is 2. The van der Waals surface area contributed by atoms with Gasteiger partial charge >= 0.3 is 6.09 Å². The Morgan fingerprint density at radius 1 is 1.11 bits per heavy atom. The number of hydrogen-bond donors (Lipinski definition) is 1. The quantitative estimate of drug-likeness (QED) is 0.413. The first-order chi connectivity index (χ1) is 18.0. The Morgan fingerprint density at radius 2 is 1.82 bits per heavy atom. The van der Waals surface area contributed by atoms with Gasteiger partial charge in [0.05, 0.1) is 30.3 Å². The van der Waals surface area contributed by atoms with E-state index in [1.807, 2.05) is 0 Å². The predicted molar refractivity (Wildman–Crippen MR) is 139 cm³/mol. The van der Waals surface area contributed by atoms with Crippen molar-refractivity contribution in [1.82, 2.24) is 14.7 Å². The van der Waals surface area contributed by atoms with E-state index in [1.165, 1.54) is 24.1 Å². The normalized spacial score (nSPS) is 14.3. The summed E-state index contributed by atoms with van der Waals surface area (Å²) in [6, 6.07) is 7.99. The average molecular weight is 547 g/mol. The summed E-state index contributed by atoms with van der Waals surface area (Å²) >= 11 is 6.11. The van der Waals surface area contributed by atoms with Crippen molar-refractivity contribution in [3.63, 3.8) is 0 Å². The van der Waals surface area contributed by atoms with Gasteiger partial charge in [-0.15, -0.1) is 0 Å². The zero-order valence-corrected chi connectivity index (χ0v) is 22.3. The van der Waals surface area contributed by atoms with Gasteiger partial charge in [0.2, 0.25) is 0 Å². The lowest BCUT2D eigenvalue weighted by Crippen LogP contribution is -2.41. The lowest BCUT2D eigenvalue weighted by atomic mass is 9.90. The van der Waals surface area contributed by atoms with Crippen molar-refractivity contribution in [2.24, 2.45) is 0 Å². The Labute approximate surface area is 224 Å². The molecule has 0 atom stereocenters. The second-order valence-corrected chi connectivity index (χ2v) is 10.4. The van der Waals surface area contributed by atoms with Gasteiger partial charge in [0.15, 0.2) is 5.82 Å². The third-order valence-electron chi connectivity index (χ3n) is 6.13. The fourth-order valence-corrected chi connectivity index (χ4v) is 4.57. The number of amides is 2. The van der Waals surface area contributed by atoms with E-state index in [2.05, 4.69) is 10.4 Å². The number of piperidine rings is 1. The standard InChI is InChI=1S/C27H29ClF2N4O4/c1-27(2,3)38-26(36)33-11-9-16(10-12-33)24-19(15-31-34(24)22-7-6-18(29)14-20(22)30)25(35)32-21-13-17(28)5-8-23(21)37-4/h5-8,13-16H,9-12H2,1-4H3,(H,32,35). The summed E-state index contributed by atoms with van der Waals surface area (Å²) in [7, 11) is 1.47. The molecule has 2 heterocycles. The number of nitrogens with zero attached hydrogens (tertiary/aromatic N) is 3. The molecule has 38 heavy (non-hydrogen) atoms. The number of benzene rings is 2. The molecule has 0 spiro atoms. The molecule has 1 aliphatic heterocycles. The number of aromatic nitrogens is 2. The molecule has 0 unspecified atom stereocenters. The Hall–Kier alpha value is -3.66. The lowest BCUT2D eigenvalue weighted by molar-refractivity contribution is 0.0203. The van der Waals surface area contributed by atoms with Crippen LogP contribution in [0.4, 0.5) is 19.3 Å². The maximum Gasteiger partial charge on any atom is 0.410 e. The molecule has 4 rings (SSSR count). The van der Waals surface area contributed by atoms with Gasteiger partial charge in [-0.25, -0.2) is 18.3 Å². The second-order valence-electron chi connectivity index (χ2n) is 9.99. The highest BCUT2D eigenvalue weighted by molar-refractivity contribution is 6.31. The maximum atomic E-state index is 14.8.